The molecule has 0 spiro atoms. The number of nitrogens with zero attached hydrogens (tertiary/aromatic N) is 1. The van der Waals surface area contributed by atoms with Gasteiger partial charge in [-0.3, -0.25) is 10.1 Å². The molecule has 2 fully saturated rings. The lowest BCUT2D eigenvalue weighted by molar-refractivity contribution is -0.384. The van der Waals surface area contributed by atoms with Crippen molar-refractivity contribution in [3.8, 4) is 0 Å². The maximum atomic E-state index is 12.2. The Labute approximate surface area is 116 Å². The van der Waals surface area contributed by atoms with Crippen LogP contribution in [-0.4, -0.2) is 31.5 Å². The Kier molecular flexibility index (Phi) is 3.23. The van der Waals surface area contributed by atoms with Crippen molar-refractivity contribution in [1.29, 1.82) is 0 Å². The summed E-state index contributed by atoms with van der Waals surface area (Å²) in [6.45, 7) is 0. The molecule has 1 aromatic carbocycles. The van der Waals surface area contributed by atoms with Gasteiger partial charge in [0.1, 0.15) is 0 Å². The summed E-state index contributed by atoms with van der Waals surface area (Å²) in [5.41, 5.74) is -0.120. The molecule has 0 radical (unpaired) electrons. The molecule has 0 saturated carbocycles. The molecule has 2 aliphatic rings. The number of sulfonamides is 1. The molecule has 2 aliphatic heterocycles. The summed E-state index contributed by atoms with van der Waals surface area (Å²) in [6, 6.07) is 5.45. The zero-order valence-electron chi connectivity index (χ0n) is 10.7. The minimum Gasteiger partial charge on any atom is -0.310 e. The van der Waals surface area contributed by atoms with Crippen molar-refractivity contribution in [2.24, 2.45) is 0 Å². The van der Waals surface area contributed by atoms with E-state index in [9.17, 15) is 18.5 Å². The van der Waals surface area contributed by atoms with Gasteiger partial charge in [-0.2, -0.15) is 0 Å². The van der Waals surface area contributed by atoms with Crippen molar-refractivity contribution in [2.75, 3.05) is 0 Å². The van der Waals surface area contributed by atoms with Crippen molar-refractivity contribution < 1.29 is 13.3 Å². The van der Waals surface area contributed by atoms with Crippen LogP contribution >= 0.6 is 0 Å². The summed E-state index contributed by atoms with van der Waals surface area (Å²) in [5, 5.41) is 13.9. The largest absolute Gasteiger partial charge is 0.310 e. The van der Waals surface area contributed by atoms with Gasteiger partial charge in [0.15, 0.2) is 0 Å². The highest BCUT2D eigenvalue weighted by Gasteiger charge is 2.40. The summed E-state index contributed by atoms with van der Waals surface area (Å²) in [4.78, 5) is 10.1. The van der Waals surface area contributed by atoms with Crippen molar-refractivity contribution in [3.05, 3.63) is 34.4 Å². The van der Waals surface area contributed by atoms with Gasteiger partial charge in [-0.1, -0.05) is 0 Å². The first kappa shape index (κ1) is 13.5. The second-order valence-corrected chi connectivity index (χ2v) is 6.98. The second-order valence-electron chi connectivity index (χ2n) is 5.26. The molecule has 3 atom stereocenters. The highest BCUT2D eigenvalue weighted by Crippen LogP contribution is 2.29. The average molecular weight is 297 g/mol. The molecule has 0 amide bonds. The van der Waals surface area contributed by atoms with Crippen LogP contribution in [0.15, 0.2) is 29.2 Å². The fraction of sp³-hybridized carbons (Fsp3) is 0.500. The molecule has 0 unspecified atom stereocenters. The number of nitrogens with one attached hydrogen (secondary N) is 2. The van der Waals surface area contributed by atoms with Crippen LogP contribution in [0.4, 0.5) is 5.69 Å². The van der Waals surface area contributed by atoms with Crippen LogP contribution in [-0.2, 0) is 10.0 Å². The van der Waals surface area contributed by atoms with Crippen LogP contribution in [0, 0.1) is 10.1 Å². The van der Waals surface area contributed by atoms with Crippen LogP contribution in [0.1, 0.15) is 19.3 Å². The number of nitro benzene ring substituents is 1. The summed E-state index contributed by atoms with van der Waals surface area (Å²) >= 11 is 0. The number of fused-ring (bicyclic) bond motifs is 2. The first-order valence-electron chi connectivity index (χ1n) is 6.48. The van der Waals surface area contributed by atoms with E-state index >= 15 is 0 Å². The first-order valence-corrected chi connectivity index (χ1v) is 7.97. The van der Waals surface area contributed by atoms with Gasteiger partial charge in [-0.05, 0) is 31.4 Å². The third kappa shape index (κ3) is 2.41. The molecule has 108 valence electrons. The van der Waals surface area contributed by atoms with Crippen LogP contribution in [0.3, 0.4) is 0 Å². The quantitative estimate of drug-likeness (QED) is 0.631. The third-order valence-corrected chi connectivity index (χ3v) is 5.47. The molecule has 20 heavy (non-hydrogen) atoms. The number of hydrogen-bond donors (Lipinski definition) is 2. The summed E-state index contributed by atoms with van der Waals surface area (Å²) < 4.78 is 27.2. The molecule has 2 N–H and O–H groups in total. The van der Waals surface area contributed by atoms with Crippen LogP contribution < -0.4 is 10.0 Å². The molecule has 2 bridgehead atoms. The maximum Gasteiger partial charge on any atom is 0.269 e. The van der Waals surface area contributed by atoms with E-state index in [0.29, 0.717) is 6.04 Å². The van der Waals surface area contributed by atoms with E-state index in [-0.39, 0.29) is 22.7 Å². The van der Waals surface area contributed by atoms with E-state index in [4.69, 9.17) is 0 Å². The second kappa shape index (κ2) is 4.80. The van der Waals surface area contributed by atoms with Crippen LogP contribution in [0.2, 0.25) is 0 Å². The Morgan fingerprint density at radius 2 is 1.95 bits per heavy atom. The molecular weight excluding hydrogens is 282 g/mol. The van der Waals surface area contributed by atoms with Gasteiger partial charge in [0.2, 0.25) is 10.0 Å². The lowest BCUT2D eigenvalue weighted by Gasteiger charge is -2.21. The smallest absolute Gasteiger partial charge is 0.269 e. The van der Waals surface area contributed by atoms with Gasteiger partial charge in [0.25, 0.3) is 5.69 Å². The zero-order chi connectivity index (χ0) is 14.3. The Bertz CT molecular complexity index is 629. The number of rotatable bonds is 4. The minimum absolute atomic E-state index is 0.0610. The van der Waals surface area contributed by atoms with Gasteiger partial charge in [-0.15, -0.1) is 0 Å². The van der Waals surface area contributed by atoms with Gasteiger partial charge >= 0.3 is 0 Å². The SMILES string of the molecule is O=[N+]([O-])c1ccc(S(=O)(=O)N[C@@H]2C[C@@H]3CC[C@H]2N3)cc1. The number of benzene rings is 1. The molecular formula is C12H15N3O4S. The van der Waals surface area contributed by atoms with E-state index in [1.807, 2.05) is 0 Å². The Morgan fingerprint density at radius 3 is 2.45 bits per heavy atom. The lowest BCUT2D eigenvalue weighted by Crippen LogP contribution is -2.42. The van der Waals surface area contributed by atoms with E-state index in [2.05, 4.69) is 10.0 Å². The van der Waals surface area contributed by atoms with Crippen LogP contribution in [0.5, 0.6) is 0 Å². The average Bonchev–Trinajstić information content (AvgIpc) is 3.00. The number of non-ortho nitro benzene ring substituents is 1. The van der Waals surface area contributed by atoms with Crippen LogP contribution in [0.25, 0.3) is 0 Å². The normalized spacial score (nSPS) is 28.7. The monoisotopic (exact) mass is 297 g/mol. The van der Waals surface area contributed by atoms with E-state index in [1.54, 1.807) is 0 Å². The Morgan fingerprint density at radius 1 is 1.25 bits per heavy atom. The van der Waals surface area contributed by atoms with Crippen molar-refractivity contribution in [3.63, 3.8) is 0 Å². The van der Waals surface area contributed by atoms with Crippen molar-refractivity contribution in [2.45, 2.75) is 42.3 Å². The number of nitro groups is 1. The standard InChI is InChI=1S/C12H15N3O4S/c16-15(17)9-2-4-10(5-3-9)20(18,19)14-12-7-8-1-6-11(12)13-8/h2-5,8,11-14H,1,6-7H2/t8-,11+,12+/m0/s1. The predicted octanol–water partition coefficient (Wildman–Crippen LogP) is 0.766. The van der Waals surface area contributed by atoms with Crippen molar-refractivity contribution >= 4 is 15.7 Å². The van der Waals surface area contributed by atoms with Gasteiger partial charge < -0.3 is 5.32 Å². The summed E-state index contributed by atoms with van der Waals surface area (Å²) in [6.07, 6.45) is 2.88. The number of hydrogen-bond acceptors (Lipinski definition) is 5. The van der Waals surface area contributed by atoms with Gasteiger partial charge in [0.05, 0.1) is 9.82 Å². The molecule has 7 nitrogen and oxygen atoms in total. The molecule has 0 aromatic heterocycles. The fourth-order valence-electron chi connectivity index (χ4n) is 2.97. The molecule has 2 saturated heterocycles. The van der Waals surface area contributed by atoms with E-state index < -0.39 is 14.9 Å². The molecule has 2 heterocycles. The molecule has 0 aliphatic carbocycles. The predicted molar refractivity (Wildman–Crippen MR) is 71.8 cm³/mol. The van der Waals surface area contributed by atoms with Gasteiger partial charge in [-0.25, -0.2) is 13.1 Å². The first-order chi connectivity index (χ1) is 9.45. The zero-order valence-corrected chi connectivity index (χ0v) is 11.5. The topological polar surface area (TPSA) is 101 Å². The Hall–Kier alpha value is -1.51. The highest BCUT2D eigenvalue weighted by molar-refractivity contribution is 7.89. The fourth-order valence-corrected chi connectivity index (χ4v) is 4.26. The van der Waals surface area contributed by atoms with Gasteiger partial charge in [0, 0.05) is 30.3 Å². The summed E-state index contributed by atoms with van der Waals surface area (Å²) in [7, 11) is -3.62. The maximum absolute atomic E-state index is 12.2. The lowest BCUT2D eigenvalue weighted by atomic mass is 9.96. The molecule has 1 aromatic rings. The van der Waals surface area contributed by atoms with E-state index in [0.717, 1.165) is 19.3 Å². The molecule has 8 heteroatoms. The summed E-state index contributed by atoms with van der Waals surface area (Å²) in [5.74, 6) is 0. The highest BCUT2D eigenvalue weighted by atomic mass is 32.2. The van der Waals surface area contributed by atoms with E-state index in [1.165, 1.54) is 24.3 Å². The Balaban J connectivity index is 1.76. The van der Waals surface area contributed by atoms with Crippen molar-refractivity contribution in [1.82, 2.24) is 10.0 Å². The minimum atomic E-state index is -3.62. The third-order valence-electron chi connectivity index (χ3n) is 3.96. The molecule has 3 rings (SSSR count).